The molecule has 0 unspecified atom stereocenters. The Balaban J connectivity index is 0.000000206. The summed E-state index contributed by atoms with van der Waals surface area (Å²) >= 11 is 2.10. The quantitative estimate of drug-likeness (QED) is 0.618. The van der Waals surface area contributed by atoms with Crippen molar-refractivity contribution in [1.29, 1.82) is 0 Å². The molecule has 0 atom stereocenters. The molecule has 0 fully saturated rings. The van der Waals surface area contributed by atoms with Crippen molar-refractivity contribution in [2.24, 2.45) is 0 Å². The Labute approximate surface area is 98.2 Å². The van der Waals surface area contributed by atoms with Gasteiger partial charge in [0.15, 0.2) is 0 Å². The van der Waals surface area contributed by atoms with Gasteiger partial charge in [0.1, 0.15) is 0 Å². The molecule has 71 valence electrons. The van der Waals surface area contributed by atoms with Crippen LogP contribution in [0.1, 0.15) is 0 Å². The molecule has 0 nitrogen and oxygen atoms in total. The van der Waals surface area contributed by atoms with E-state index in [1.807, 2.05) is 60.7 Å². The Bertz CT molecular complexity index is 186. The minimum absolute atomic E-state index is 1.88. The molecule has 0 saturated heterocycles. The monoisotopic (exact) mass is 241 g/mol. The van der Waals surface area contributed by atoms with Crippen LogP contribution in [0.2, 0.25) is 0 Å². The van der Waals surface area contributed by atoms with E-state index in [1.165, 1.54) is 0 Å². The summed E-state index contributed by atoms with van der Waals surface area (Å²) in [5.41, 5.74) is 0. The maximum atomic E-state index is 4.51. The van der Waals surface area contributed by atoms with E-state index in [0.717, 1.165) is 0 Å². The van der Waals surface area contributed by atoms with Crippen molar-refractivity contribution in [2.45, 2.75) is 0 Å². The fourth-order valence-corrected chi connectivity index (χ4v) is 0.684. The standard InChI is InChI=1S/2C6H5.ClH.Cr/c2*1-2-4-6-5-3-1;;/h2*1-5H;1H;/q2*-1;;+3/p-1. The van der Waals surface area contributed by atoms with Gasteiger partial charge in [-0.15, -0.1) is 0 Å². The summed E-state index contributed by atoms with van der Waals surface area (Å²) in [6.07, 6.45) is 0. The summed E-state index contributed by atoms with van der Waals surface area (Å²) in [6, 6.07) is 25.0. The van der Waals surface area contributed by atoms with E-state index in [-0.39, 0.29) is 0 Å². The predicted molar refractivity (Wildman–Crippen MR) is 56.4 cm³/mol. The predicted octanol–water partition coefficient (Wildman–Crippen LogP) is 3.66. The first-order valence-electron chi connectivity index (χ1n) is 3.98. The average molecular weight is 242 g/mol. The summed E-state index contributed by atoms with van der Waals surface area (Å²) < 4.78 is 0. The van der Waals surface area contributed by atoms with E-state index in [9.17, 15) is 0 Å². The third-order valence-electron chi connectivity index (χ3n) is 1.21. The number of halogens is 1. The van der Waals surface area contributed by atoms with Crippen LogP contribution in [0, 0.1) is 12.1 Å². The molecule has 0 spiro atoms. The molecule has 0 radical (unpaired) electrons. The zero-order valence-corrected chi connectivity index (χ0v) is 9.59. The maximum Gasteiger partial charge on any atom is -0.171 e. The number of benzene rings is 2. The van der Waals surface area contributed by atoms with Crippen molar-refractivity contribution in [3.8, 4) is 0 Å². The van der Waals surface area contributed by atoms with Gasteiger partial charge in [-0.25, -0.2) is 0 Å². The molecule has 0 aliphatic rings. The molecule has 2 rings (SSSR count). The average Bonchev–Trinajstić information content (AvgIpc) is 2.37. The van der Waals surface area contributed by atoms with E-state index >= 15 is 0 Å². The first kappa shape index (κ1) is 13.3. The molecule has 0 aromatic heterocycles. The fraction of sp³-hybridized carbons (Fsp3) is 0. The van der Waals surface area contributed by atoms with Crippen LogP contribution in [-0.2, 0) is 15.4 Å². The van der Waals surface area contributed by atoms with Crippen LogP contribution >= 0.6 is 10.0 Å². The van der Waals surface area contributed by atoms with Gasteiger partial charge < -0.3 is 0 Å². The molecule has 0 saturated carbocycles. The van der Waals surface area contributed by atoms with E-state index in [4.69, 9.17) is 0 Å². The van der Waals surface area contributed by atoms with Gasteiger partial charge in [0, 0.05) is 0 Å². The molecule has 2 heteroatoms. The van der Waals surface area contributed by atoms with Gasteiger partial charge in [0.25, 0.3) is 0 Å². The van der Waals surface area contributed by atoms with E-state index in [0.29, 0.717) is 0 Å². The topological polar surface area (TPSA) is 0 Å². The van der Waals surface area contributed by atoms with Gasteiger partial charge in [0.05, 0.1) is 0 Å². The SMILES string of the molecule is [Cl][Cr+2].[c-]1ccccc1.[c-]1ccccc1. The smallest absolute Gasteiger partial charge is 0.171 e. The van der Waals surface area contributed by atoms with Crippen molar-refractivity contribution in [1.82, 2.24) is 0 Å². The Kier molecular flexibility index (Phi) is 11.6. The normalized spacial score (nSPS) is 7.14. The number of hydrogen-bond donors (Lipinski definition) is 0. The second-order valence-corrected chi connectivity index (χ2v) is 2.15. The zero-order valence-electron chi connectivity index (χ0n) is 7.56. The second-order valence-electron chi connectivity index (χ2n) is 2.15. The van der Waals surface area contributed by atoms with Crippen molar-refractivity contribution in [3.63, 3.8) is 0 Å². The Morgan fingerprint density at radius 2 is 0.857 bits per heavy atom. The third kappa shape index (κ3) is 9.35. The van der Waals surface area contributed by atoms with Crippen LogP contribution in [0.15, 0.2) is 60.7 Å². The molecule has 0 heterocycles. The van der Waals surface area contributed by atoms with Gasteiger partial charge in [0.2, 0.25) is 0 Å². The van der Waals surface area contributed by atoms with Gasteiger partial charge in [-0.1, -0.05) is 0 Å². The van der Waals surface area contributed by atoms with Gasteiger partial charge in [-0.05, 0) is 0 Å². The molecular formula is C12H10ClCr. The summed E-state index contributed by atoms with van der Waals surface area (Å²) in [6.45, 7) is 0. The molecule has 0 N–H and O–H groups in total. The van der Waals surface area contributed by atoms with Crippen molar-refractivity contribution < 1.29 is 15.4 Å². The van der Waals surface area contributed by atoms with E-state index < -0.39 is 0 Å². The summed E-state index contributed by atoms with van der Waals surface area (Å²) in [4.78, 5) is 0. The van der Waals surface area contributed by atoms with Crippen molar-refractivity contribution in [3.05, 3.63) is 72.8 Å². The van der Waals surface area contributed by atoms with Gasteiger partial charge >= 0.3 is 25.4 Å². The zero-order chi connectivity index (χ0) is 10.5. The third-order valence-corrected chi connectivity index (χ3v) is 1.21. The minimum atomic E-state index is 1.88. The summed E-state index contributed by atoms with van der Waals surface area (Å²) in [7, 11) is 4.51. The molecule has 2 aromatic carbocycles. The molecule has 2 aromatic rings. The largest absolute Gasteiger partial charge is 0.184 e. The maximum absolute atomic E-state index is 4.51. The Morgan fingerprint density at radius 1 is 0.571 bits per heavy atom. The number of hydrogen-bond acceptors (Lipinski definition) is 0. The second kappa shape index (κ2) is 12.3. The van der Waals surface area contributed by atoms with Gasteiger partial charge in [-0.3, -0.25) is 0 Å². The van der Waals surface area contributed by atoms with Crippen LogP contribution < -0.4 is 0 Å². The van der Waals surface area contributed by atoms with E-state index in [1.54, 1.807) is 0 Å². The first-order valence-corrected chi connectivity index (χ1v) is 5.73. The summed E-state index contributed by atoms with van der Waals surface area (Å²) in [5, 5.41) is 0. The molecule has 0 amide bonds. The van der Waals surface area contributed by atoms with E-state index in [2.05, 4.69) is 37.6 Å². The van der Waals surface area contributed by atoms with Crippen LogP contribution in [0.25, 0.3) is 0 Å². The molecular weight excluding hydrogens is 232 g/mol. The summed E-state index contributed by atoms with van der Waals surface area (Å²) in [5.74, 6) is 0. The van der Waals surface area contributed by atoms with Crippen molar-refractivity contribution >= 4 is 10.0 Å². The fourth-order valence-electron chi connectivity index (χ4n) is 0.684. The molecule has 0 aliphatic carbocycles. The first-order chi connectivity index (χ1) is 7.00. The molecule has 0 aliphatic heterocycles. The van der Waals surface area contributed by atoms with Crippen LogP contribution in [0.3, 0.4) is 0 Å². The molecule has 14 heavy (non-hydrogen) atoms. The van der Waals surface area contributed by atoms with Crippen LogP contribution in [0.5, 0.6) is 0 Å². The molecule has 0 bridgehead atoms. The Hall–Kier alpha value is -0.738. The number of rotatable bonds is 0. The van der Waals surface area contributed by atoms with Gasteiger partial charge in [-0.2, -0.15) is 72.8 Å². The van der Waals surface area contributed by atoms with Crippen LogP contribution in [0.4, 0.5) is 0 Å². The van der Waals surface area contributed by atoms with Crippen LogP contribution in [-0.4, -0.2) is 0 Å². The Morgan fingerprint density at radius 3 is 0.929 bits per heavy atom. The van der Waals surface area contributed by atoms with Crippen molar-refractivity contribution in [2.75, 3.05) is 0 Å². The minimum Gasteiger partial charge on any atom is -0.184 e.